The zero-order valence-corrected chi connectivity index (χ0v) is 7.64. The average Bonchev–Trinajstić information content (AvgIpc) is 2.04. The SMILES string of the molecule is CC1OCCN(CCO)C1C(=O)O. The Morgan fingerprint density at radius 3 is 2.92 bits per heavy atom. The third-order valence-electron chi connectivity index (χ3n) is 2.24. The third kappa shape index (κ3) is 2.40. The summed E-state index contributed by atoms with van der Waals surface area (Å²) in [5.74, 6) is -0.888. The predicted octanol–water partition coefficient (Wildman–Crippen LogP) is -0.847. The summed E-state index contributed by atoms with van der Waals surface area (Å²) in [6.07, 6.45) is -0.308. The van der Waals surface area contributed by atoms with Gasteiger partial charge in [-0.2, -0.15) is 0 Å². The maximum absolute atomic E-state index is 10.8. The normalized spacial score (nSPS) is 30.3. The summed E-state index contributed by atoms with van der Waals surface area (Å²) in [5, 5.41) is 17.6. The van der Waals surface area contributed by atoms with Crippen LogP contribution in [0.15, 0.2) is 0 Å². The summed E-state index contributed by atoms with van der Waals surface area (Å²) in [7, 11) is 0. The first kappa shape index (κ1) is 10.4. The second kappa shape index (κ2) is 4.55. The molecule has 2 unspecified atom stereocenters. The Kier molecular flexibility index (Phi) is 3.65. The van der Waals surface area contributed by atoms with E-state index in [1.807, 2.05) is 0 Å². The Labute approximate surface area is 76.9 Å². The zero-order valence-electron chi connectivity index (χ0n) is 7.64. The lowest BCUT2D eigenvalue weighted by atomic mass is 10.1. The Morgan fingerprint density at radius 2 is 2.38 bits per heavy atom. The zero-order chi connectivity index (χ0) is 9.84. The van der Waals surface area contributed by atoms with Crippen LogP contribution in [0.1, 0.15) is 6.92 Å². The van der Waals surface area contributed by atoms with Crippen molar-refractivity contribution in [2.45, 2.75) is 19.1 Å². The standard InChI is InChI=1S/C8H15NO4/c1-6-7(8(11)12)9(2-4-10)3-5-13-6/h6-7,10H,2-5H2,1H3,(H,11,12). The molecule has 1 rings (SSSR count). The van der Waals surface area contributed by atoms with Crippen LogP contribution < -0.4 is 0 Å². The number of carboxylic acids is 1. The smallest absolute Gasteiger partial charge is 0.323 e. The van der Waals surface area contributed by atoms with Crippen LogP contribution in [0.25, 0.3) is 0 Å². The van der Waals surface area contributed by atoms with Crippen LogP contribution >= 0.6 is 0 Å². The molecule has 76 valence electrons. The summed E-state index contributed by atoms with van der Waals surface area (Å²) >= 11 is 0. The molecule has 1 heterocycles. The van der Waals surface area contributed by atoms with Gasteiger partial charge in [0.25, 0.3) is 0 Å². The van der Waals surface area contributed by atoms with Crippen molar-refractivity contribution in [3.05, 3.63) is 0 Å². The largest absolute Gasteiger partial charge is 0.480 e. The van der Waals surface area contributed by atoms with E-state index in [9.17, 15) is 4.79 Å². The van der Waals surface area contributed by atoms with E-state index in [1.165, 1.54) is 0 Å². The lowest BCUT2D eigenvalue weighted by Crippen LogP contribution is -2.54. The molecule has 5 nitrogen and oxygen atoms in total. The van der Waals surface area contributed by atoms with Gasteiger partial charge in [-0.3, -0.25) is 9.69 Å². The summed E-state index contributed by atoms with van der Waals surface area (Å²) in [6.45, 7) is 3.22. The molecule has 5 heteroatoms. The number of carboxylic acid groups (broad SMARTS) is 1. The van der Waals surface area contributed by atoms with Crippen LogP contribution in [-0.2, 0) is 9.53 Å². The number of nitrogens with zero attached hydrogens (tertiary/aromatic N) is 1. The number of aliphatic hydroxyl groups is 1. The molecule has 0 aromatic carbocycles. The van der Waals surface area contributed by atoms with Crippen molar-refractivity contribution in [2.75, 3.05) is 26.3 Å². The van der Waals surface area contributed by atoms with E-state index in [0.29, 0.717) is 19.7 Å². The maximum atomic E-state index is 10.8. The van der Waals surface area contributed by atoms with Crippen molar-refractivity contribution in [3.8, 4) is 0 Å². The second-order valence-corrected chi connectivity index (χ2v) is 3.12. The molecule has 0 aromatic heterocycles. The summed E-state index contributed by atoms with van der Waals surface area (Å²) < 4.78 is 5.22. The molecule has 0 spiro atoms. The van der Waals surface area contributed by atoms with E-state index in [2.05, 4.69) is 0 Å². The number of aliphatic carboxylic acids is 1. The van der Waals surface area contributed by atoms with Crippen LogP contribution in [0.4, 0.5) is 0 Å². The van der Waals surface area contributed by atoms with Crippen LogP contribution in [0.3, 0.4) is 0 Å². The van der Waals surface area contributed by atoms with Crippen molar-refractivity contribution in [1.82, 2.24) is 4.90 Å². The molecule has 1 aliphatic rings. The molecule has 2 N–H and O–H groups in total. The number of hydrogen-bond acceptors (Lipinski definition) is 4. The van der Waals surface area contributed by atoms with Crippen molar-refractivity contribution in [2.24, 2.45) is 0 Å². The quantitative estimate of drug-likeness (QED) is 0.605. The minimum atomic E-state index is -0.888. The van der Waals surface area contributed by atoms with Crippen LogP contribution in [0, 0.1) is 0 Å². The molecule has 0 bridgehead atoms. The number of morpholine rings is 1. The highest BCUT2D eigenvalue weighted by atomic mass is 16.5. The number of hydrogen-bond donors (Lipinski definition) is 2. The van der Waals surface area contributed by atoms with Gasteiger partial charge in [-0.1, -0.05) is 0 Å². The lowest BCUT2D eigenvalue weighted by molar-refractivity contribution is -0.156. The first-order valence-electron chi connectivity index (χ1n) is 4.36. The van der Waals surface area contributed by atoms with Gasteiger partial charge in [0.05, 0.1) is 19.3 Å². The van der Waals surface area contributed by atoms with Gasteiger partial charge in [-0.15, -0.1) is 0 Å². The number of rotatable bonds is 3. The maximum Gasteiger partial charge on any atom is 0.323 e. The third-order valence-corrected chi connectivity index (χ3v) is 2.24. The first-order valence-corrected chi connectivity index (χ1v) is 4.36. The minimum Gasteiger partial charge on any atom is -0.480 e. The number of β-amino-alcohol motifs (C(OH)–C–C–N with tert-alkyl or cyclic N) is 1. The minimum absolute atomic E-state index is 0.0174. The molecule has 1 fully saturated rings. The lowest BCUT2D eigenvalue weighted by Gasteiger charge is -2.36. The van der Waals surface area contributed by atoms with Gasteiger partial charge in [0.2, 0.25) is 0 Å². The van der Waals surface area contributed by atoms with E-state index in [1.54, 1.807) is 11.8 Å². The predicted molar refractivity (Wildman–Crippen MR) is 45.5 cm³/mol. The molecule has 0 radical (unpaired) electrons. The summed E-state index contributed by atoms with van der Waals surface area (Å²) in [5.41, 5.74) is 0. The van der Waals surface area contributed by atoms with Gasteiger partial charge >= 0.3 is 5.97 Å². The molecule has 0 saturated carbocycles. The molecule has 0 aliphatic carbocycles. The van der Waals surface area contributed by atoms with Gasteiger partial charge in [0.15, 0.2) is 0 Å². The average molecular weight is 189 g/mol. The molecular formula is C8H15NO4. The Balaban J connectivity index is 2.62. The van der Waals surface area contributed by atoms with Gasteiger partial charge in [-0.05, 0) is 6.92 Å². The van der Waals surface area contributed by atoms with Crippen LogP contribution in [-0.4, -0.2) is 59.5 Å². The highest BCUT2D eigenvalue weighted by Gasteiger charge is 2.34. The number of aliphatic hydroxyl groups excluding tert-OH is 1. The van der Waals surface area contributed by atoms with Crippen molar-refractivity contribution in [3.63, 3.8) is 0 Å². The van der Waals surface area contributed by atoms with Crippen molar-refractivity contribution >= 4 is 5.97 Å². The summed E-state index contributed by atoms with van der Waals surface area (Å²) in [6, 6.07) is -0.624. The second-order valence-electron chi connectivity index (χ2n) is 3.12. The van der Waals surface area contributed by atoms with E-state index >= 15 is 0 Å². The van der Waals surface area contributed by atoms with E-state index in [4.69, 9.17) is 14.9 Å². The van der Waals surface area contributed by atoms with E-state index in [0.717, 1.165) is 0 Å². The van der Waals surface area contributed by atoms with Crippen molar-refractivity contribution in [1.29, 1.82) is 0 Å². The fraction of sp³-hybridized carbons (Fsp3) is 0.875. The topological polar surface area (TPSA) is 70.0 Å². The molecule has 1 saturated heterocycles. The molecule has 1 aliphatic heterocycles. The summed E-state index contributed by atoms with van der Waals surface area (Å²) in [4.78, 5) is 12.6. The van der Waals surface area contributed by atoms with Gasteiger partial charge in [0.1, 0.15) is 6.04 Å². The Bertz CT molecular complexity index is 183. The highest BCUT2D eigenvalue weighted by molar-refractivity contribution is 5.74. The fourth-order valence-corrected chi connectivity index (χ4v) is 1.62. The fourth-order valence-electron chi connectivity index (χ4n) is 1.62. The Morgan fingerprint density at radius 1 is 1.69 bits per heavy atom. The van der Waals surface area contributed by atoms with Crippen LogP contribution in [0.2, 0.25) is 0 Å². The number of carbonyl (C=O) groups is 1. The molecular weight excluding hydrogens is 174 g/mol. The molecule has 2 atom stereocenters. The van der Waals surface area contributed by atoms with E-state index in [-0.39, 0.29) is 12.7 Å². The molecule has 0 amide bonds. The Hall–Kier alpha value is -0.650. The molecule has 13 heavy (non-hydrogen) atoms. The molecule has 0 aromatic rings. The highest BCUT2D eigenvalue weighted by Crippen LogP contribution is 2.13. The van der Waals surface area contributed by atoms with Gasteiger partial charge in [-0.25, -0.2) is 0 Å². The van der Waals surface area contributed by atoms with Gasteiger partial charge in [0, 0.05) is 13.1 Å². The first-order chi connectivity index (χ1) is 6.16. The van der Waals surface area contributed by atoms with Gasteiger partial charge < -0.3 is 14.9 Å². The van der Waals surface area contributed by atoms with E-state index < -0.39 is 12.0 Å². The number of ether oxygens (including phenoxy) is 1. The monoisotopic (exact) mass is 189 g/mol. The van der Waals surface area contributed by atoms with Crippen LogP contribution in [0.5, 0.6) is 0 Å². The van der Waals surface area contributed by atoms with Crippen molar-refractivity contribution < 1.29 is 19.7 Å².